The molecule has 0 bridgehead atoms. The first kappa shape index (κ1) is 19.5. The second-order valence-corrected chi connectivity index (χ2v) is 7.67. The largest absolute Gasteiger partial charge is 0.481 e. The number of ether oxygens (including phenoxy) is 1. The van der Waals surface area contributed by atoms with Crippen molar-refractivity contribution in [1.82, 2.24) is 9.55 Å². The average Bonchev–Trinajstić information content (AvgIpc) is 3.56. The number of anilines is 3. The van der Waals surface area contributed by atoms with E-state index in [9.17, 15) is 9.90 Å². The van der Waals surface area contributed by atoms with E-state index in [2.05, 4.69) is 15.6 Å². The third-order valence-corrected chi connectivity index (χ3v) is 5.60. The van der Waals surface area contributed by atoms with Gasteiger partial charge in [-0.3, -0.25) is 4.79 Å². The third-order valence-electron chi connectivity index (χ3n) is 5.30. The smallest absolute Gasteiger partial charge is 0.252 e. The summed E-state index contributed by atoms with van der Waals surface area (Å²) in [6.07, 6.45) is 3.70. The van der Waals surface area contributed by atoms with Crippen molar-refractivity contribution >= 4 is 39.6 Å². The summed E-state index contributed by atoms with van der Waals surface area (Å²) in [5, 5.41) is 17.7. The predicted molar refractivity (Wildman–Crippen MR) is 115 cm³/mol. The Morgan fingerprint density at radius 3 is 2.79 bits per heavy atom. The maximum absolute atomic E-state index is 12.7. The normalized spacial score (nSPS) is 14.6. The molecule has 4 rings (SSSR count). The molecule has 3 N–H and O–H groups in total. The van der Waals surface area contributed by atoms with Crippen LogP contribution in [0.5, 0.6) is 5.88 Å². The fourth-order valence-corrected chi connectivity index (χ4v) is 3.68. The predicted octanol–water partition coefficient (Wildman–Crippen LogP) is 3.52. The van der Waals surface area contributed by atoms with E-state index >= 15 is 0 Å². The monoisotopic (exact) mass is 414 g/mol. The molecule has 2 heterocycles. The molecule has 0 radical (unpaired) electrons. The number of rotatable bonds is 7. The van der Waals surface area contributed by atoms with Gasteiger partial charge in [-0.1, -0.05) is 23.7 Å². The maximum Gasteiger partial charge on any atom is 0.252 e. The Bertz CT molecular complexity index is 1110. The highest BCUT2D eigenvalue weighted by molar-refractivity contribution is 6.33. The second kappa shape index (κ2) is 7.93. The van der Waals surface area contributed by atoms with E-state index in [1.165, 1.54) is 13.3 Å². The molecule has 0 amide bonds. The Balaban J connectivity index is 1.80. The molecule has 0 unspecified atom stereocenters. The molecular formula is C21H23ClN4O3. The van der Waals surface area contributed by atoms with Crippen LogP contribution in [-0.4, -0.2) is 34.4 Å². The highest BCUT2D eigenvalue weighted by Gasteiger charge is 2.31. The highest BCUT2D eigenvalue weighted by atomic mass is 35.5. The number of fused-ring (bicyclic) bond motifs is 1. The summed E-state index contributed by atoms with van der Waals surface area (Å²) in [6, 6.07) is 8.99. The van der Waals surface area contributed by atoms with Gasteiger partial charge in [-0.25, -0.2) is 4.98 Å². The van der Waals surface area contributed by atoms with Crippen LogP contribution in [0.15, 0.2) is 41.3 Å². The van der Waals surface area contributed by atoms with Crippen LogP contribution >= 0.6 is 11.6 Å². The molecule has 0 saturated heterocycles. The summed E-state index contributed by atoms with van der Waals surface area (Å²) < 4.78 is 6.78. The number of nitrogens with zero attached hydrogens (tertiary/aromatic N) is 2. The van der Waals surface area contributed by atoms with Gasteiger partial charge in [0.15, 0.2) is 0 Å². The van der Waals surface area contributed by atoms with Gasteiger partial charge in [0.05, 0.1) is 47.9 Å². The molecule has 1 aromatic carbocycles. The molecule has 0 spiro atoms. The zero-order chi connectivity index (χ0) is 20.5. The topological polar surface area (TPSA) is 88.4 Å². The number of benzene rings is 1. The van der Waals surface area contributed by atoms with Crippen LogP contribution in [0.3, 0.4) is 0 Å². The number of halogens is 1. The molecule has 1 atom stereocenters. The fourth-order valence-electron chi connectivity index (χ4n) is 3.53. The standard InChI is InChI=1S/C21H23ClN4O3/c1-26-20(28)9-16(25-18(11-27)12-6-7-12)13-4-3-5-15(21(13)26)24-17-8-19(29-2)23-10-14(17)22/h3-5,8-10,12,18,25,27H,6-7,11H2,1-2H3,(H,23,24)/t18-/m1/s1. The van der Waals surface area contributed by atoms with Gasteiger partial charge in [0, 0.05) is 30.3 Å². The lowest BCUT2D eigenvalue weighted by Crippen LogP contribution is -2.28. The molecule has 2 aromatic heterocycles. The Labute approximate surface area is 173 Å². The first-order chi connectivity index (χ1) is 14.0. The number of aromatic nitrogens is 2. The number of pyridine rings is 2. The summed E-state index contributed by atoms with van der Waals surface area (Å²) in [7, 11) is 3.27. The highest BCUT2D eigenvalue weighted by Crippen LogP contribution is 2.36. The summed E-state index contributed by atoms with van der Waals surface area (Å²) in [6.45, 7) is 0.0335. The van der Waals surface area contributed by atoms with Crippen LogP contribution < -0.4 is 20.9 Å². The number of hydrogen-bond donors (Lipinski definition) is 3. The van der Waals surface area contributed by atoms with E-state index in [0.717, 1.165) is 35.1 Å². The minimum absolute atomic E-state index is 0.0335. The number of aliphatic hydroxyl groups is 1. The average molecular weight is 415 g/mol. The van der Waals surface area contributed by atoms with Crippen molar-refractivity contribution in [2.75, 3.05) is 24.4 Å². The molecule has 7 nitrogen and oxygen atoms in total. The van der Waals surface area contributed by atoms with Gasteiger partial charge in [0.25, 0.3) is 5.56 Å². The molecule has 152 valence electrons. The van der Waals surface area contributed by atoms with E-state index < -0.39 is 0 Å². The Kier molecular flexibility index (Phi) is 5.34. The first-order valence-electron chi connectivity index (χ1n) is 9.48. The number of aliphatic hydroxyl groups excluding tert-OH is 1. The second-order valence-electron chi connectivity index (χ2n) is 7.26. The van der Waals surface area contributed by atoms with E-state index in [1.807, 2.05) is 18.2 Å². The van der Waals surface area contributed by atoms with Gasteiger partial charge in [-0.15, -0.1) is 0 Å². The number of nitrogens with one attached hydrogen (secondary N) is 2. The number of hydrogen-bond acceptors (Lipinski definition) is 6. The fraction of sp³-hybridized carbons (Fsp3) is 0.333. The van der Waals surface area contributed by atoms with E-state index in [4.69, 9.17) is 16.3 Å². The Morgan fingerprint density at radius 1 is 1.31 bits per heavy atom. The van der Waals surface area contributed by atoms with Gasteiger partial charge in [0.1, 0.15) is 0 Å². The van der Waals surface area contributed by atoms with Crippen LogP contribution in [0, 0.1) is 5.92 Å². The third kappa shape index (κ3) is 3.88. The van der Waals surface area contributed by atoms with E-state index in [0.29, 0.717) is 22.5 Å². The zero-order valence-electron chi connectivity index (χ0n) is 16.3. The van der Waals surface area contributed by atoms with E-state index in [-0.39, 0.29) is 18.2 Å². The molecular weight excluding hydrogens is 392 g/mol. The molecule has 1 fully saturated rings. The summed E-state index contributed by atoms with van der Waals surface area (Å²) >= 11 is 6.30. The Hall–Kier alpha value is -2.77. The number of aryl methyl sites for hydroxylation is 1. The minimum atomic E-state index is -0.139. The van der Waals surface area contributed by atoms with Crippen molar-refractivity contribution < 1.29 is 9.84 Å². The lowest BCUT2D eigenvalue weighted by molar-refractivity contribution is 0.263. The van der Waals surface area contributed by atoms with Crippen molar-refractivity contribution in [1.29, 1.82) is 0 Å². The van der Waals surface area contributed by atoms with Crippen LogP contribution in [0.25, 0.3) is 10.9 Å². The molecule has 29 heavy (non-hydrogen) atoms. The summed E-state index contributed by atoms with van der Waals surface area (Å²) in [5.74, 6) is 0.882. The van der Waals surface area contributed by atoms with Crippen LogP contribution in [0.4, 0.5) is 17.1 Å². The van der Waals surface area contributed by atoms with Crippen molar-refractivity contribution in [2.24, 2.45) is 13.0 Å². The van der Waals surface area contributed by atoms with Crippen molar-refractivity contribution in [3.8, 4) is 5.88 Å². The summed E-state index contributed by atoms with van der Waals surface area (Å²) in [5.41, 5.74) is 2.67. The van der Waals surface area contributed by atoms with Gasteiger partial charge in [0.2, 0.25) is 5.88 Å². The van der Waals surface area contributed by atoms with Crippen LogP contribution in [0.2, 0.25) is 5.02 Å². The van der Waals surface area contributed by atoms with Crippen molar-refractivity contribution in [3.63, 3.8) is 0 Å². The van der Waals surface area contributed by atoms with E-state index in [1.54, 1.807) is 23.7 Å². The van der Waals surface area contributed by atoms with Crippen molar-refractivity contribution in [3.05, 3.63) is 51.9 Å². The van der Waals surface area contributed by atoms with Gasteiger partial charge in [-0.2, -0.15) is 0 Å². The quantitative estimate of drug-likeness (QED) is 0.548. The number of para-hydroxylation sites is 1. The van der Waals surface area contributed by atoms with Gasteiger partial charge < -0.3 is 25.0 Å². The lowest BCUT2D eigenvalue weighted by Gasteiger charge is -2.21. The van der Waals surface area contributed by atoms with Crippen LogP contribution in [0.1, 0.15) is 12.8 Å². The lowest BCUT2D eigenvalue weighted by atomic mass is 10.1. The zero-order valence-corrected chi connectivity index (χ0v) is 17.0. The van der Waals surface area contributed by atoms with Crippen LogP contribution in [-0.2, 0) is 7.05 Å². The molecule has 8 heteroatoms. The number of methoxy groups -OCH3 is 1. The molecule has 3 aromatic rings. The molecule has 1 aliphatic carbocycles. The van der Waals surface area contributed by atoms with Gasteiger partial charge in [-0.05, 0) is 24.8 Å². The Morgan fingerprint density at radius 2 is 2.10 bits per heavy atom. The molecule has 1 aliphatic rings. The molecule has 1 saturated carbocycles. The van der Waals surface area contributed by atoms with Gasteiger partial charge >= 0.3 is 0 Å². The SMILES string of the molecule is COc1cc(Nc2cccc3c(N[C@H](CO)C4CC4)cc(=O)n(C)c23)c(Cl)cn1. The van der Waals surface area contributed by atoms with Crippen molar-refractivity contribution in [2.45, 2.75) is 18.9 Å². The molecule has 0 aliphatic heterocycles. The maximum atomic E-state index is 12.7. The minimum Gasteiger partial charge on any atom is -0.481 e. The summed E-state index contributed by atoms with van der Waals surface area (Å²) in [4.78, 5) is 16.7. The first-order valence-corrected chi connectivity index (χ1v) is 9.86.